The van der Waals surface area contributed by atoms with Crippen LogP contribution in [0.3, 0.4) is 0 Å². The summed E-state index contributed by atoms with van der Waals surface area (Å²) in [5.74, 6) is 3.29. The minimum atomic E-state index is 0.445. The van der Waals surface area contributed by atoms with Gasteiger partial charge in [-0.15, -0.1) is 0 Å². The molecule has 2 rings (SSSR count). The van der Waals surface area contributed by atoms with E-state index in [1.165, 1.54) is 6.42 Å². The van der Waals surface area contributed by atoms with Crippen LogP contribution in [0.5, 0.6) is 0 Å². The van der Waals surface area contributed by atoms with Gasteiger partial charge in [0, 0.05) is 32.8 Å². The summed E-state index contributed by atoms with van der Waals surface area (Å²) in [6.45, 7) is 6.04. The van der Waals surface area contributed by atoms with Crippen molar-refractivity contribution in [3.05, 3.63) is 11.9 Å². The molecule has 2 atom stereocenters. The molecule has 2 unspecified atom stereocenters. The number of nitrogens with zero attached hydrogens (tertiary/aromatic N) is 3. The van der Waals surface area contributed by atoms with Gasteiger partial charge in [0.2, 0.25) is 0 Å². The molecule has 1 aliphatic rings. The third-order valence-electron chi connectivity index (χ3n) is 3.37. The highest BCUT2D eigenvalue weighted by Gasteiger charge is 2.27. The zero-order valence-corrected chi connectivity index (χ0v) is 11.6. The Morgan fingerprint density at radius 2 is 2.22 bits per heavy atom. The van der Waals surface area contributed by atoms with Crippen LogP contribution >= 0.6 is 0 Å². The topological polar surface area (TPSA) is 50.3 Å². The third kappa shape index (κ3) is 2.72. The number of hydrogen-bond acceptors (Lipinski definition) is 5. The molecule has 1 saturated heterocycles. The zero-order valence-electron chi connectivity index (χ0n) is 11.6. The van der Waals surface area contributed by atoms with Crippen molar-refractivity contribution in [2.24, 2.45) is 5.92 Å². The van der Waals surface area contributed by atoms with Gasteiger partial charge in [0.1, 0.15) is 18.2 Å². The van der Waals surface area contributed by atoms with Gasteiger partial charge in [0.15, 0.2) is 5.82 Å². The molecule has 100 valence electrons. The van der Waals surface area contributed by atoms with E-state index in [1.807, 2.05) is 13.1 Å². The number of aromatic nitrogens is 2. The first-order valence-corrected chi connectivity index (χ1v) is 6.45. The largest absolute Gasteiger partial charge is 0.377 e. The lowest BCUT2D eigenvalue weighted by Gasteiger charge is -2.23. The van der Waals surface area contributed by atoms with E-state index >= 15 is 0 Å². The van der Waals surface area contributed by atoms with Crippen molar-refractivity contribution >= 4 is 11.6 Å². The van der Waals surface area contributed by atoms with Gasteiger partial charge in [-0.05, 0) is 19.3 Å². The summed E-state index contributed by atoms with van der Waals surface area (Å²) in [4.78, 5) is 11.3. The van der Waals surface area contributed by atoms with Crippen molar-refractivity contribution in [1.82, 2.24) is 9.97 Å². The number of nitrogens with one attached hydrogen (secondary N) is 1. The number of rotatable bonds is 4. The summed E-state index contributed by atoms with van der Waals surface area (Å²) in [6.07, 6.45) is 1.22. The molecule has 0 amide bonds. The summed E-state index contributed by atoms with van der Waals surface area (Å²) < 4.78 is 5.12. The fourth-order valence-corrected chi connectivity index (χ4v) is 2.57. The minimum absolute atomic E-state index is 0.445. The van der Waals surface area contributed by atoms with E-state index in [0.29, 0.717) is 12.6 Å². The first-order valence-electron chi connectivity index (χ1n) is 6.45. The maximum atomic E-state index is 5.12. The van der Waals surface area contributed by atoms with Crippen molar-refractivity contribution in [2.75, 3.05) is 30.9 Å². The Hall–Kier alpha value is -1.36. The van der Waals surface area contributed by atoms with E-state index in [0.717, 1.165) is 29.9 Å². The highest BCUT2D eigenvalue weighted by atomic mass is 16.5. The van der Waals surface area contributed by atoms with Gasteiger partial charge in [-0.1, -0.05) is 6.92 Å². The van der Waals surface area contributed by atoms with E-state index in [1.54, 1.807) is 7.11 Å². The van der Waals surface area contributed by atoms with E-state index in [2.05, 4.69) is 34.0 Å². The molecular weight excluding hydrogens is 228 g/mol. The quantitative estimate of drug-likeness (QED) is 0.884. The van der Waals surface area contributed by atoms with Crippen LogP contribution in [0.4, 0.5) is 11.6 Å². The molecule has 0 spiro atoms. The van der Waals surface area contributed by atoms with Crippen LogP contribution in [0.25, 0.3) is 0 Å². The second kappa shape index (κ2) is 5.52. The van der Waals surface area contributed by atoms with E-state index in [9.17, 15) is 0 Å². The van der Waals surface area contributed by atoms with Crippen LogP contribution < -0.4 is 10.2 Å². The van der Waals surface area contributed by atoms with Crippen molar-refractivity contribution in [2.45, 2.75) is 32.9 Å². The van der Waals surface area contributed by atoms with E-state index < -0.39 is 0 Å². The van der Waals surface area contributed by atoms with Gasteiger partial charge in [-0.2, -0.15) is 0 Å². The van der Waals surface area contributed by atoms with E-state index in [4.69, 9.17) is 4.74 Å². The molecule has 18 heavy (non-hydrogen) atoms. The smallest absolute Gasteiger partial charge is 0.158 e. The van der Waals surface area contributed by atoms with Gasteiger partial charge in [-0.25, -0.2) is 9.97 Å². The Kier molecular flexibility index (Phi) is 4.01. The SMILES string of the molecule is CNc1cc(N2CC(C)CC2C)nc(COC)n1. The molecule has 2 heterocycles. The molecule has 0 radical (unpaired) electrons. The van der Waals surface area contributed by atoms with Crippen LogP contribution in [-0.2, 0) is 11.3 Å². The zero-order chi connectivity index (χ0) is 13.1. The highest BCUT2D eigenvalue weighted by molar-refractivity contribution is 5.50. The van der Waals surface area contributed by atoms with Gasteiger partial charge in [-0.3, -0.25) is 0 Å². The molecule has 0 aliphatic carbocycles. The summed E-state index contributed by atoms with van der Waals surface area (Å²) in [6, 6.07) is 2.54. The lowest BCUT2D eigenvalue weighted by Crippen LogP contribution is -2.28. The second-order valence-corrected chi connectivity index (χ2v) is 5.05. The molecule has 1 aliphatic heterocycles. The Morgan fingerprint density at radius 1 is 1.44 bits per heavy atom. The Morgan fingerprint density at radius 3 is 2.78 bits per heavy atom. The van der Waals surface area contributed by atoms with Crippen LogP contribution in [0.1, 0.15) is 26.1 Å². The van der Waals surface area contributed by atoms with Crippen molar-refractivity contribution in [3.8, 4) is 0 Å². The fourth-order valence-electron chi connectivity index (χ4n) is 2.57. The predicted molar refractivity (Wildman–Crippen MR) is 72.9 cm³/mol. The molecule has 5 nitrogen and oxygen atoms in total. The number of hydrogen-bond donors (Lipinski definition) is 1. The molecule has 0 bridgehead atoms. The first kappa shape index (κ1) is 13.1. The molecule has 5 heteroatoms. The monoisotopic (exact) mass is 250 g/mol. The van der Waals surface area contributed by atoms with Crippen molar-refractivity contribution in [3.63, 3.8) is 0 Å². The lowest BCUT2D eigenvalue weighted by atomic mass is 10.1. The average Bonchev–Trinajstić information content (AvgIpc) is 2.68. The first-order chi connectivity index (χ1) is 8.63. The predicted octanol–water partition coefficient (Wildman–Crippen LogP) is 1.90. The number of ether oxygens (including phenoxy) is 1. The third-order valence-corrected chi connectivity index (χ3v) is 3.37. The number of anilines is 2. The lowest BCUT2D eigenvalue weighted by molar-refractivity contribution is 0.178. The van der Waals surface area contributed by atoms with Gasteiger partial charge in [0.05, 0.1) is 0 Å². The van der Waals surface area contributed by atoms with Crippen LogP contribution in [0.2, 0.25) is 0 Å². The van der Waals surface area contributed by atoms with Gasteiger partial charge >= 0.3 is 0 Å². The van der Waals surface area contributed by atoms with E-state index in [-0.39, 0.29) is 0 Å². The minimum Gasteiger partial charge on any atom is -0.377 e. The van der Waals surface area contributed by atoms with Crippen LogP contribution in [0.15, 0.2) is 6.07 Å². The maximum Gasteiger partial charge on any atom is 0.158 e. The molecule has 1 aromatic heterocycles. The van der Waals surface area contributed by atoms with Gasteiger partial charge < -0.3 is 15.0 Å². The summed E-state index contributed by atoms with van der Waals surface area (Å²) >= 11 is 0. The van der Waals surface area contributed by atoms with Crippen LogP contribution in [-0.4, -0.2) is 36.7 Å². The fraction of sp³-hybridized carbons (Fsp3) is 0.692. The summed E-state index contributed by atoms with van der Waals surface area (Å²) in [7, 11) is 3.54. The summed E-state index contributed by atoms with van der Waals surface area (Å²) in [5, 5.41) is 3.08. The average molecular weight is 250 g/mol. The van der Waals surface area contributed by atoms with Crippen LogP contribution in [0, 0.1) is 5.92 Å². The van der Waals surface area contributed by atoms with Gasteiger partial charge in [0.25, 0.3) is 0 Å². The van der Waals surface area contributed by atoms with Crippen molar-refractivity contribution < 1.29 is 4.74 Å². The molecule has 0 saturated carbocycles. The Balaban J connectivity index is 2.28. The Bertz CT molecular complexity index is 410. The molecule has 1 aromatic rings. The Labute approximate surface area is 109 Å². The second-order valence-electron chi connectivity index (χ2n) is 5.05. The molecular formula is C13H22N4O. The standard InChI is InChI=1S/C13H22N4O/c1-9-5-10(2)17(7-9)13-6-11(14-3)15-12(16-13)8-18-4/h6,9-10H,5,7-8H2,1-4H3,(H,14,15,16). The molecule has 1 N–H and O–H groups in total. The molecule has 0 aromatic carbocycles. The maximum absolute atomic E-state index is 5.12. The highest BCUT2D eigenvalue weighted by Crippen LogP contribution is 2.28. The normalized spacial score (nSPS) is 23.4. The van der Waals surface area contributed by atoms with Crippen molar-refractivity contribution in [1.29, 1.82) is 0 Å². The molecule has 1 fully saturated rings. The summed E-state index contributed by atoms with van der Waals surface area (Å²) in [5.41, 5.74) is 0. The number of methoxy groups -OCH3 is 1.